The van der Waals surface area contributed by atoms with E-state index < -0.39 is 0 Å². The van der Waals surface area contributed by atoms with Crippen LogP contribution in [0.5, 0.6) is 0 Å². The first-order chi connectivity index (χ1) is 9.06. The van der Waals surface area contributed by atoms with E-state index in [1.807, 2.05) is 25.1 Å². The molecule has 0 aliphatic heterocycles. The van der Waals surface area contributed by atoms with Gasteiger partial charge in [0.05, 0.1) is 15.6 Å². The Bertz CT molecular complexity index is 739. The summed E-state index contributed by atoms with van der Waals surface area (Å²) in [6.07, 6.45) is 0. The van der Waals surface area contributed by atoms with Crippen molar-refractivity contribution >= 4 is 39.9 Å². The average molecular weight is 292 g/mol. The second kappa shape index (κ2) is 4.44. The molecule has 1 aromatic heterocycles. The predicted octanol–water partition coefficient (Wildman–Crippen LogP) is 4.43. The van der Waals surface area contributed by atoms with Gasteiger partial charge < -0.3 is 10.7 Å². The maximum absolute atomic E-state index is 6.13. The molecule has 0 spiro atoms. The van der Waals surface area contributed by atoms with Crippen LogP contribution < -0.4 is 5.73 Å². The Hall–Kier alpha value is -1.71. The third-order valence-electron chi connectivity index (χ3n) is 3.10. The molecular weight excluding hydrogens is 281 g/mol. The highest BCUT2D eigenvalue weighted by atomic mass is 35.5. The molecule has 0 unspecified atom stereocenters. The average Bonchev–Trinajstić information content (AvgIpc) is 2.83. The first kappa shape index (κ1) is 12.3. The summed E-state index contributed by atoms with van der Waals surface area (Å²) in [5.41, 5.74) is 10.0. The summed E-state index contributed by atoms with van der Waals surface area (Å²) in [7, 11) is 0. The fourth-order valence-electron chi connectivity index (χ4n) is 1.95. The Balaban J connectivity index is 2.23. The molecule has 0 radical (unpaired) electrons. The van der Waals surface area contributed by atoms with E-state index in [1.54, 1.807) is 12.1 Å². The van der Waals surface area contributed by atoms with Crippen LogP contribution in [0.15, 0.2) is 30.3 Å². The number of nitrogens with two attached hydrogens (primary N) is 1. The van der Waals surface area contributed by atoms with Crippen molar-refractivity contribution < 1.29 is 0 Å². The summed E-state index contributed by atoms with van der Waals surface area (Å²) in [5.74, 6) is 0.705. The largest absolute Gasteiger partial charge is 0.398 e. The molecule has 96 valence electrons. The molecule has 0 saturated carbocycles. The van der Waals surface area contributed by atoms with Gasteiger partial charge in [-0.1, -0.05) is 35.3 Å². The molecule has 0 aliphatic carbocycles. The zero-order chi connectivity index (χ0) is 13.6. The molecule has 0 saturated heterocycles. The van der Waals surface area contributed by atoms with E-state index in [9.17, 15) is 0 Å². The van der Waals surface area contributed by atoms with E-state index >= 15 is 0 Å². The summed E-state index contributed by atoms with van der Waals surface area (Å²) in [6, 6.07) is 9.29. The van der Waals surface area contributed by atoms with Crippen LogP contribution in [0.1, 0.15) is 5.56 Å². The Kier molecular flexibility index (Phi) is 2.88. The van der Waals surface area contributed by atoms with Gasteiger partial charge in [0.2, 0.25) is 0 Å². The summed E-state index contributed by atoms with van der Waals surface area (Å²) < 4.78 is 0. The molecule has 0 amide bonds. The van der Waals surface area contributed by atoms with Gasteiger partial charge in [0.15, 0.2) is 0 Å². The number of hydrogen-bond donors (Lipinski definition) is 2. The van der Waals surface area contributed by atoms with E-state index in [4.69, 9.17) is 28.9 Å². The number of H-pyrrole nitrogens is 1. The number of anilines is 1. The minimum atomic E-state index is 0.571. The SMILES string of the molecule is Cc1ccc(-c2nc3c(Cl)ccc(Cl)c3[nH]2)cc1N. The second-order valence-corrected chi connectivity index (χ2v) is 5.22. The summed E-state index contributed by atoms with van der Waals surface area (Å²) in [6.45, 7) is 1.96. The van der Waals surface area contributed by atoms with E-state index in [1.165, 1.54) is 0 Å². The lowest BCUT2D eigenvalue weighted by Crippen LogP contribution is -1.90. The van der Waals surface area contributed by atoms with Crippen molar-refractivity contribution in [3.63, 3.8) is 0 Å². The van der Waals surface area contributed by atoms with Crippen molar-refractivity contribution in [1.82, 2.24) is 9.97 Å². The zero-order valence-corrected chi connectivity index (χ0v) is 11.7. The minimum Gasteiger partial charge on any atom is -0.398 e. The van der Waals surface area contributed by atoms with Crippen LogP contribution in [-0.2, 0) is 0 Å². The quantitative estimate of drug-likeness (QED) is 0.652. The highest BCUT2D eigenvalue weighted by Gasteiger charge is 2.11. The monoisotopic (exact) mass is 291 g/mol. The molecule has 0 aliphatic rings. The number of nitrogen functional groups attached to an aromatic ring is 1. The maximum Gasteiger partial charge on any atom is 0.138 e. The fraction of sp³-hybridized carbons (Fsp3) is 0.0714. The first-order valence-electron chi connectivity index (χ1n) is 5.76. The molecule has 1 heterocycles. The number of fused-ring (bicyclic) bond motifs is 1. The number of aromatic nitrogens is 2. The van der Waals surface area contributed by atoms with Gasteiger partial charge in [-0.25, -0.2) is 4.98 Å². The highest BCUT2D eigenvalue weighted by molar-refractivity contribution is 6.39. The van der Waals surface area contributed by atoms with Gasteiger partial charge >= 0.3 is 0 Å². The van der Waals surface area contributed by atoms with Crippen molar-refractivity contribution in [2.24, 2.45) is 0 Å². The molecule has 3 rings (SSSR count). The molecule has 3 aromatic rings. The van der Waals surface area contributed by atoms with Crippen LogP contribution in [-0.4, -0.2) is 9.97 Å². The highest BCUT2D eigenvalue weighted by Crippen LogP contribution is 2.31. The van der Waals surface area contributed by atoms with Gasteiger partial charge in [-0.15, -0.1) is 0 Å². The van der Waals surface area contributed by atoms with Gasteiger partial charge in [0, 0.05) is 11.3 Å². The van der Waals surface area contributed by atoms with Crippen molar-refractivity contribution in [3.05, 3.63) is 45.9 Å². The summed E-state index contributed by atoms with van der Waals surface area (Å²) >= 11 is 12.3. The Morgan fingerprint density at radius 3 is 2.53 bits per heavy atom. The van der Waals surface area contributed by atoms with E-state index in [2.05, 4.69) is 9.97 Å². The number of aryl methyl sites for hydroxylation is 1. The fourth-order valence-corrected chi connectivity index (χ4v) is 2.35. The Labute approximate surface area is 120 Å². The topological polar surface area (TPSA) is 54.7 Å². The Morgan fingerprint density at radius 1 is 1.11 bits per heavy atom. The lowest BCUT2D eigenvalue weighted by atomic mass is 10.1. The van der Waals surface area contributed by atoms with E-state index in [0.717, 1.165) is 22.3 Å². The number of benzene rings is 2. The van der Waals surface area contributed by atoms with Crippen LogP contribution in [0.3, 0.4) is 0 Å². The molecule has 3 nitrogen and oxygen atoms in total. The molecule has 2 aromatic carbocycles. The smallest absolute Gasteiger partial charge is 0.138 e. The van der Waals surface area contributed by atoms with Gasteiger partial charge in [-0.05, 0) is 30.7 Å². The third kappa shape index (κ3) is 2.05. The second-order valence-electron chi connectivity index (χ2n) is 4.41. The molecule has 19 heavy (non-hydrogen) atoms. The van der Waals surface area contributed by atoms with Gasteiger partial charge in [-0.2, -0.15) is 0 Å². The molecule has 0 bridgehead atoms. The van der Waals surface area contributed by atoms with Gasteiger partial charge in [0.1, 0.15) is 11.3 Å². The maximum atomic E-state index is 6.13. The van der Waals surface area contributed by atoms with Crippen molar-refractivity contribution in [2.45, 2.75) is 6.92 Å². The molecular formula is C14H11Cl2N3. The van der Waals surface area contributed by atoms with E-state index in [-0.39, 0.29) is 0 Å². The molecule has 5 heteroatoms. The lowest BCUT2D eigenvalue weighted by Gasteiger charge is -2.02. The van der Waals surface area contributed by atoms with Crippen LogP contribution in [0.4, 0.5) is 5.69 Å². The summed E-state index contributed by atoms with van der Waals surface area (Å²) in [4.78, 5) is 7.67. The number of hydrogen-bond acceptors (Lipinski definition) is 2. The minimum absolute atomic E-state index is 0.571. The summed E-state index contributed by atoms with van der Waals surface area (Å²) in [5, 5.41) is 1.17. The first-order valence-corrected chi connectivity index (χ1v) is 6.52. The zero-order valence-electron chi connectivity index (χ0n) is 10.2. The molecule has 0 atom stereocenters. The van der Waals surface area contributed by atoms with Gasteiger partial charge in [0.25, 0.3) is 0 Å². The van der Waals surface area contributed by atoms with Gasteiger partial charge in [-0.3, -0.25) is 0 Å². The van der Waals surface area contributed by atoms with Crippen LogP contribution in [0.2, 0.25) is 10.0 Å². The standard InChI is InChI=1S/C14H11Cl2N3/c1-7-2-3-8(6-11(7)17)14-18-12-9(15)4-5-10(16)13(12)19-14/h2-6H,17H2,1H3,(H,18,19). The van der Waals surface area contributed by atoms with E-state index in [0.29, 0.717) is 21.4 Å². The van der Waals surface area contributed by atoms with Crippen LogP contribution in [0, 0.1) is 6.92 Å². The lowest BCUT2D eigenvalue weighted by molar-refractivity contribution is 1.33. The number of imidazole rings is 1. The molecule has 0 fully saturated rings. The number of nitrogens with zero attached hydrogens (tertiary/aromatic N) is 1. The van der Waals surface area contributed by atoms with Crippen molar-refractivity contribution in [3.8, 4) is 11.4 Å². The molecule has 3 N–H and O–H groups in total. The van der Waals surface area contributed by atoms with Crippen molar-refractivity contribution in [2.75, 3.05) is 5.73 Å². The van der Waals surface area contributed by atoms with Crippen LogP contribution >= 0.6 is 23.2 Å². The third-order valence-corrected chi connectivity index (χ3v) is 3.72. The normalized spacial score (nSPS) is 11.1. The number of halogens is 2. The van der Waals surface area contributed by atoms with Crippen molar-refractivity contribution in [1.29, 1.82) is 0 Å². The Morgan fingerprint density at radius 2 is 1.84 bits per heavy atom. The van der Waals surface area contributed by atoms with Crippen LogP contribution in [0.25, 0.3) is 22.4 Å². The number of rotatable bonds is 1. The number of nitrogens with one attached hydrogen (secondary N) is 1. The predicted molar refractivity (Wildman–Crippen MR) is 80.7 cm³/mol. The number of aromatic amines is 1.